The number of amides is 2. The van der Waals surface area contributed by atoms with Gasteiger partial charge in [0.1, 0.15) is 0 Å². The van der Waals surface area contributed by atoms with Crippen molar-refractivity contribution in [2.45, 2.75) is 18.9 Å². The second-order valence-electron chi connectivity index (χ2n) is 5.61. The summed E-state index contributed by atoms with van der Waals surface area (Å²) in [5.74, 6) is 0. The maximum absolute atomic E-state index is 12.2. The number of fused-ring (bicyclic) bond motifs is 1. The van der Waals surface area contributed by atoms with Gasteiger partial charge in [-0.25, -0.2) is 4.79 Å². The quantitative estimate of drug-likeness (QED) is 0.768. The molecule has 0 aliphatic carbocycles. The van der Waals surface area contributed by atoms with Crippen LogP contribution in [0.3, 0.4) is 0 Å². The first-order chi connectivity index (χ1) is 10.6. The maximum Gasteiger partial charge on any atom is 0.319 e. The zero-order chi connectivity index (χ0) is 16.0. The van der Waals surface area contributed by atoms with Crippen molar-refractivity contribution in [3.8, 4) is 0 Å². The average molecular weight is 302 g/mol. The van der Waals surface area contributed by atoms with Crippen LogP contribution in [0.25, 0.3) is 10.8 Å². The summed E-state index contributed by atoms with van der Waals surface area (Å²) in [6.07, 6.45) is 0.423. The minimum Gasteiger partial charge on any atom is -0.396 e. The molecule has 0 saturated carbocycles. The zero-order valence-corrected chi connectivity index (χ0v) is 12.9. The van der Waals surface area contributed by atoms with Gasteiger partial charge in [0.05, 0.1) is 12.1 Å². The highest BCUT2D eigenvalue weighted by Gasteiger charge is 2.25. The number of hydrogen-bond donors (Lipinski definition) is 3. The molecule has 0 aliphatic rings. The van der Waals surface area contributed by atoms with Crippen molar-refractivity contribution in [3.63, 3.8) is 0 Å². The Morgan fingerprint density at radius 2 is 1.95 bits per heavy atom. The third-order valence-corrected chi connectivity index (χ3v) is 3.55. The van der Waals surface area contributed by atoms with Gasteiger partial charge < -0.3 is 20.5 Å². The molecule has 3 N–H and O–H groups in total. The second kappa shape index (κ2) is 7.24. The summed E-state index contributed by atoms with van der Waals surface area (Å²) in [6.45, 7) is 2.15. The second-order valence-corrected chi connectivity index (χ2v) is 5.61. The Kier molecular flexibility index (Phi) is 5.35. The molecule has 1 unspecified atom stereocenters. The molecule has 0 bridgehead atoms. The Morgan fingerprint density at radius 1 is 1.23 bits per heavy atom. The van der Waals surface area contributed by atoms with Crippen LogP contribution >= 0.6 is 0 Å². The summed E-state index contributed by atoms with van der Waals surface area (Å²) in [7, 11) is 1.57. The number of rotatable bonds is 6. The number of carbonyl (C=O) groups excluding carboxylic acids is 1. The summed E-state index contributed by atoms with van der Waals surface area (Å²) in [5, 5.41) is 17.0. The molecule has 118 valence electrons. The lowest BCUT2D eigenvalue weighted by Crippen LogP contribution is -2.51. The summed E-state index contributed by atoms with van der Waals surface area (Å²) in [5.41, 5.74) is 0.115. The number of benzene rings is 2. The molecule has 0 fully saturated rings. The van der Waals surface area contributed by atoms with Crippen LogP contribution in [-0.2, 0) is 4.74 Å². The van der Waals surface area contributed by atoms with Gasteiger partial charge in [0, 0.05) is 19.4 Å². The third kappa shape index (κ3) is 4.19. The van der Waals surface area contributed by atoms with Gasteiger partial charge in [-0.2, -0.15) is 0 Å². The minimum atomic E-state index is -0.607. The van der Waals surface area contributed by atoms with Crippen LogP contribution in [0.1, 0.15) is 13.3 Å². The molecule has 0 aromatic heterocycles. The molecule has 1 atom stereocenters. The number of aliphatic hydroxyl groups excluding tert-OH is 1. The maximum atomic E-state index is 12.2. The van der Waals surface area contributed by atoms with Crippen LogP contribution in [0.2, 0.25) is 0 Å². The molecule has 0 heterocycles. The van der Waals surface area contributed by atoms with Gasteiger partial charge >= 0.3 is 6.03 Å². The van der Waals surface area contributed by atoms with Crippen LogP contribution in [0.15, 0.2) is 42.5 Å². The highest BCUT2D eigenvalue weighted by molar-refractivity contribution is 5.93. The molecule has 5 nitrogen and oxygen atoms in total. The molecule has 2 aromatic carbocycles. The van der Waals surface area contributed by atoms with Crippen molar-refractivity contribution < 1.29 is 14.6 Å². The van der Waals surface area contributed by atoms with E-state index in [1.165, 1.54) is 0 Å². The first-order valence-corrected chi connectivity index (χ1v) is 7.24. The smallest absolute Gasteiger partial charge is 0.319 e. The third-order valence-electron chi connectivity index (χ3n) is 3.55. The molecule has 0 aliphatic heterocycles. The van der Waals surface area contributed by atoms with E-state index in [1.807, 2.05) is 49.4 Å². The van der Waals surface area contributed by atoms with E-state index in [4.69, 9.17) is 9.84 Å². The topological polar surface area (TPSA) is 70.6 Å². The van der Waals surface area contributed by atoms with Crippen LogP contribution < -0.4 is 10.6 Å². The lowest BCUT2D eigenvalue weighted by molar-refractivity contribution is 0.104. The fourth-order valence-corrected chi connectivity index (χ4v) is 2.44. The Morgan fingerprint density at radius 3 is 2.64 bits per heavy atom. The van der Waals surface area contributed by atoms with Crippen LogP contribution in [0, 0.1) is 0 Å². The molecule has 2 rings (SSSR count). The molecular weight excluding hydrogens is 280 g/mol. The van der Waals surface area contributed by atoms with Gasteiger partial charge in [-0.05, 0) is 36.2 Å². The monoisotopic (exact) mass is 302 g/mol. The van der Waals surface area contributed by atoms with Crippen molar-refractivity contribution in [3.05, 3.63) is 42.5 Å². The average Bonchev–Trinajstić information content (AvgIpc) is 2.47. The number of ether oxygens (including phenoxy) is 1. The number of hydrogen-bond acceptors (Lipinski definition) is 3. The molecule has 22 heavy (non-hydrogen) atoms. The number of nitrogens with one attached hydrogen (secondary N) is 2. The van der Waals surface area contributed by atoms with Gasteiger partial charge in [0.25, 0.3) is 0 Å². The number of carbonyl (C=O) groups is 1. The van der Waals surface area contributed by atoms with E-state index in [0.29, 0.717) is 13.0 Å². The van der Waals surface area contributed by atoms with E-state index in [0.717, 1.165) is 16.5 Å². The Hall–Kier alpha value is -2.11. The van der Waals surface area contributed by atoms with Crippen molar-refractivity contribution in [2.75, 3.05) is 25.6 Å². The lowest BCUT2D eigenvalue weighted by Gasteiger charge is -2.29. The normalized spacial score (nSPS) is 13.6. The molecule has 0 saturated heterocycles. The highest BCUT2D eigenvalue weighted by Crippen LogP contribution is 2.19. The van der Waals surface area contributed by atoms with Crippen molar-refractivity contribution >= 4 is 22.5 Å². The number of aliphatic hydroxyl groups is 1. The molecule has 2 aromatic rings. The number of anilines is 1. The number of urea groups is 1. The molecule has 0 radical (unpaired) electrons. The summed E-state index contributed by atoms with van der Waals surface area (Å²) in [6, 6.07) is 13.4. The predicted octanol–water partition coefficient (Wildman–Crippen LogP) is 2.75. The van der Waals surface area contributed by atoms with Gasteiger partial charge in [-0.3, -0.25) is 0 Å². The Balaban J connectivity index is 2.06. The van der Waals surface area contributed by atoms with Crippen molar-refractivity contribution in [2.24, 2.45) is 0 Å². The van der Waals surface area contributed by atoms with Crippen LogP contribution in [0.4, 0.5) is 10.5 Å². The van der Waals surface area contributed by atoms with Gasteiger partial charge in [0.2, 0.25) is 0 Å². The van der Waals surface area contributed by atoms with Crippen molar-refractivity contribution in [1.29, 1.82) is 0 Å². The summed E-state index contributed by atoms with van der Waals surface area (Å²) < 4.78 is 5.11. The van der Waals surface area contributed by atoms with Crippen LogP contribution in [0.5, 0.6) is 0 Å². The van der Waals surface area contributed by atoms with E-state index < -0.39 is 5.54 Å². The first kappa shape index (κ1) is 16.3. The standard InChI is InChI=1S/C17H22N2O3/c1-17(9-10-20,12-22-2)19-16(21)18-15-8-7-13-5-3-4-6-14(13)11-15/h3-8,11,20H,9-10,12H2,1-2H3,(H2,18,19,21). The molecular formula is C17H22N2O3. The lowest BCUT2D eigenvalue weighted by atomic mass is 10.00. The summed E-state index contributed by atoms with van der Waals surface area (Å²) >= 11 is 0. The van der Waals surface area contributed by atoms with Gasteiger partial charge in [0.15, 0.2) is 0 Å². The molecule has 5 heteroatoms. The van der Waals surface area contributed by atoms with E-state index in [1.54, 1.807) is 7.11 Å². The van der Waals surface area contributed by atoms with Gasteiger partial charge in [-0.1, -0.05) is 30.3 Å². The van der Waals surface area contributed by atoms with E-state index in [9.17, 15) is 4.79 Å². The Bertz CT molecular complexity index is 637. The van der Waals surface area contributed by atoms with Gasteiger partial charge in [-0.15, -0.1) is 0 Å². The van der Waals surface area contributed by atoms with E-state index >= 15 is 0 Å². The van der Waals surface area contributed by atoms with Crippen molar-refractivity contribution in [1.82, 2.24) is 5.32 Å². The minimum absolute atomic E-state index is 0.0177. The van der Waals surface area contributed by atoms with Crippen LogP contribution in [-0.4, -0.2) is 37.0 Å². The zero-order valence-electron chi connectivity index (χ0n) is 12.9. The fourth-order valence-electron chi connectivity index (χ4n) is 2.44. The first-order valence-electron chi connectivity index (χ1n) is 7.24. The Labute approximate surface area is 130 Å². The SMILES string of the molecule is COCC(C)(CCO)NC(=O)Nc1ccc2ccccc2c1. The molecule has 0 spiro atoms. The predicted molar refractivity (Wildman–Crippen MR) is 88.1 cm³/mol. The highest BCUT2D eigenvalue weighted by atomic mass is 16.5. The van der Waals surface area contributed by atoms with E-state index in [-0.39, 0.29) is 12.6 Å². The fraction of sp³-hybridized carbons (Fsp3) is 0.353. The van der Waals surface area contributed by atoms with E-state index in [2.05, 4.69) is 10.6 Å². The number of methoxy groups -OCH3 is 1. The summed E-state index contributed by atoms with van der Waals surface area (Å²) in [4.78, 5) is 12.2. The molecule has 2 amide bonds. The largest absolute Gasteiger partial charge is 0.396 e.